The summed E-state index contributed by atoms with van der Waals surface area (Å²) in [5.41, 5.74) is 4.97. The topological polar surface area (TPSA) is 46.4 Å². The van der Waals surface area contributed by atoms with E-state index in [4.69, 9.17) is 0 Å². The van der Waals surface area contributed by atoms with Crippen molar-refractivity contribution in [2.24, 2.45) is 5.92 Å². The van der Waals surface area contributed by atoms with Crippen LogP contribution in [-0.2, 0) is 4.79 Å². The summed E-state index contributed by atoms with van der Waals surface area (Å²) in [6.45, 7) is 2.06. The first-order chi connectivity index (χ1) is 11.2. The van der Waals surface area contributed by atoms with Gasteiger partial charge < -0.3 is 9.72 Å². The number of benzene rings is 1. The van der Waals surface area contributed by atoms with E-state index in [0.717, 1.165) is 22.6 Å². The zero-order valence-electron chi connectivity index (χ0n) is 13.1. The summed E-state index contributed by atoms with van der Waals surface area (Å²) in [6.07, 6.45) is 7.08. The lowest BCUT2D eigenvalue weighted by atomic mass is 10.1. The summed E-state index contributed by atoms with van der Waals surface area (Å²) in [7, 11) is 0. The highest BCUT2D eigenvalue weighted by molar-refractivity contribution is 5.91. The lowest BCUT2D eigenvalue weighted by molar-refractivity contribution is -0.116. The standard InChI is InChI=1S/C19H19N3O/c1-13-8-9-22-12-17(21-18(22)10-13)15-4-6-16(7-5-15)20-19(23)11-14-2-3-14/h4-10,12,14H,2-3,11H2,1H3,(H,20,23). The normalized spacial score (nSPS) is 14.1. The molecule has 0 atom stereocenters. The van der Waals surface area contributed by atoms with Crippen LogP contribution in [0.3, 0.4) is 0 Å². The van der Waals surface area contributed by atoms with Crippen LogP contribution in [0.4, 0.5) is 5.69 Å². The van der Waals surface area contributed by atoms with Crippen LogP contribution in [0.1, 0.15) is 24.8 Å². The molecule has 2 aromatic heterocycles. The summed E-state index contributed by atoms with van der Waals surface area (Å²) in [5.74, 6) is 0.721. The van der Waals surface area contributed by atoms with Gasteiger partial charge in [-0.25, -0.2) is 4.98 Å². The predicted octanol–water partition coefficient (Wildman–Crippen LogP) is 4.05. The van der Waals surface area contributed by atoms with Crippen molar-refractivity contribution in [1.82, 2.24) is 9.38 Å². The lowest BCUT2D eigenvalue weighted by Crippen LogP contribution is -2.11. The maximum atomic E-state index is 11.8. The molecule has 2 heterocycles. The zero-order chi connectivity index (χ0) is 15.8. The van der Waals surface area contributed by atoms with Crippen LogP contribution in [0, 0.1) is 12.8 Å². The SMILES string of the molecule is Cc1ccn2cc(-c3ccc(NC(=O)CC4CC4)cc3)nc2c1. The maximum absolute atomic E-state index is 11.8. The van der Waals surface area contributed by atoms with E-state index in [1.807, 2.05) is 41.1 Å². The third-order valence-electron chi connectivity index (χ3n) is 4.25. The van der Waals surface area contributed by atoms with Gasteiger partial charge in [-0.05, 0) is 55.5 Å². The van der Waals surface area contributed by atoms with Crippen molar-refractivity contribution in [1.29, 1.82) is 0 Å². The number of imidazole rings is 1. The smallest absolute Gasteiger partial charge is 0.224 e. The van der Waals surface area contributed by atoms with Crippen molar-refractivity contribution in [3.8, 4) is 11.3 Å². The van der Waals surface area contributed by atoms with Gasteiger partial charge in [-0.1, -0.05) is 12.1 Å². The number of aromatic nitrogens is 2. The Morgan fingerprint density at radius 1 is 1.26 bits per heavy atom. The molecule has 0 radical (unpaired) electrons. The number of nitrogens with one attached hydrogen (secondary N) is 1. The molecule has 1 aliphatic carbocycles. The Bertz CT molecular complexity index is 860. The summed E-state index contributed by atoms with van der Waals surface area (Å²) in [5, 5.41) is 2.96. The zero-order valence-corrected chi connectivity index (χ0v) is 13.1. The van der Waals surface area contributed by atoms with E-state index in [1.54, 1.807) is 0 Å². The fourth-order valence-corrected chi connectivity index (χ4v) is 2.74. The fourth-order valence-electron chi connectivity index (χ4n) is 2.74. The number of hydrogen-bond donors (Lipinski definition) is 1. The van der Waals surface area contributed by atoms with Crippen LogP contribution in [0.5, 0.6) is 0 Å². The first-order valence-electron chi connectivity index (χ1n) is 8.03. The van der Waals surface area contributed by atoms with Gasteiger partial charge in [0.05, 0.1) is 5.69 Å². The highest BCUT2D eigenvalue weighted by Crippen LogP contribution is 2.32. The van der Waals surface area contributed by atoms with Gasteiger partial charge in [0.15, 0.2) is 0 Å². The van der Waals surface area contributed by atoms with E-state index in [2.05, 4.69) is 29.4 Å². The minimum absolute atomic E-state index is 0.114. The Balaban J connectivity index is 1.52. The third-order valence-corrected chi connectivity index (χ3v) is 4.25. The molecule has 1 saturated carbocycles. The van der Waals surface area contributed by atoms with Gasteiger partial charge in [0.1, 0.15) is 5.65 Å². The fraction of sp³-hybridized carbons (Fsp3) is 0.263. The molecule has 0 spiro atoms. The van der Waals surface area contributed by atoms with E-state index in [1.165, 1.54) is 18.4 Å². The maximum Gasteiger partial charge on any atom is 0.224 e. The van der Waals surface area contributed by atoms with Gasteiger partial charge in [0, 0.05) is 30.1 Å². The number of carbonyl (C=O) groups is 1. The molecule has 0 unspecified atom stereocenters. The highest BCUT2D eigenvalue weighted by Gasteiger charge is 2.24. The minimum atomic E-state index is 0.114. The molecule has 4 nitrogen and oxygen atoms in total. The monoisotopic (exact) mass is 305 g/mol. The number of aryl methyl sites for hydroxylation is 1. The molecule has 1 aliphatic rings. The Kier molecular flexibility index (Phi) is 3.37. The summed E-state index contributed by atoms with van der Waals surface area (Å²) >= 11 is 0. The molecule has 4 rings (SSSR count). The van der Waals surface area contributed by atoms with Gasteiger partial charge >= 0.3 is 0 Å². The quantitative estimate of drug-likeness (QED) is 0.790. The molecule has 1 aromatic carbocycles. The molecule has 116 valence electrons. The van der Waals surface area contributed by atoms with Gasteiger partial charge in [-0.2, -0.15) is 0 Å². The van der Waals surface area contributed by atoms with Crippen LogP contribution in [0.2, 0.25) is 0 Å². The van der Waals surface area contributed by atoms with Crippen LogP contribution >= 0.6 is 0 Å². The van der Waals surface area contributed by atoms with Gasteiger partial charge in [-0.15, -0.1) is 0 Å². The van der Waals surface area contributed by atoms with Crippen molar-refractivity contribution >= 4 is 17.2 Å². The van der Waals surface area contributed by atoms with E-state index in [9.17, 15) is 4.79 Å². The number of rotatable bonds is 4. The molecule has 4 heteroatoms. The second kappa shape index (κ2) is 5.54. The molecule has 0 bridgehead atoms. The van der Waals surface area contributed by atoms with Crippen LogP contribution in [-0.4, -0.2) is 15.3 Å². The number of carbonyl (C=O) groups excluding carboxylic acids is 1. The van der Waals surface area contributed by atoms with E-state index in [0.29, 0.717) is 12.3 Å². The summed E-state index contributed by atoms with van der Waals surface area (Å²) in [4.78, 5) is 16.5. The predicted molar refractivity (Wildman–Crippen MR) is 91.3 cm³/mol. The second-order valence-corrected chi connectivity index (χ2v) is 6.37. The summed E-state index contributed by atoms with van der Waals surface area (Å²) in [6, 6.07) is 12.0. The molecular weight excluding hydrogens is 286 g/mol. The molecule has 0 aliphatic heterocycles. The highest BCUT2D eigenvalue weighted by atomic mass is 16.1. The van der Waals surface area contributed by atoms with Crippen molar-refractivity contribution < 1.29 is 4.79 Å². The van der Waals surface area contributed by atoms with Gasteiger partial charge in [-0.3, -0.25) is 4.79 Å². The molecule has 1 amide bonds. The Morgan fingerprint density at radius 2 is 2.04 bits per heavy atom. The van der Waals surface area contributed by atoms with Gasteiger partial charge in [0.25, 0.3) is 0 Å². The number of anilines is 1. The first-order valence-corrected chi connectivity index (χ1v) is 8.03. The number of nitrogens with zero attached hydrogens (tertiary/aromatic N) is 2. The minimum Gasteiger partial charge on any atom is -0.326 e. The summed E-state index contributed by atoms with van der Waals surface area (Å²) < 4.78 is 2.02. The van der Waals surface area contributed by atoms with Crippen LogP contribution in [0.15, 0.2) is 48.8 Å². The molecular formula is C19H19N3O. The average molecular weight is 305 g/mol. The average Bonchev–Trinajstić information content (AvgIpc) is 3.24. The van der Waals surface area contributed by atoms with E-state index < -0.39 is 0 Å². The first kappa shape index (κ1) is 14.0. The van der Waals surface area contributed by atoms with Gasteiger partial charge in [0.2, 0.25) is 5.91 Å². The molecule has 0 saturated heterocycles. The van der Waals surface area contributed by atoms with Crippen molar-refractivity contribution in [3.05, 3.63) is 54.4 Å². The molecule has 23 heavy (non-hydrogen) atoms. The molecule has 1 N–H and O–H groups in total. The molecule has 3 aromatic rings. The Hall–Kier alpha value is -2.62. The molecule has 1 fully saturated rings. The van der Waals surface area contributed by atoms with Crippen LogP contribution < -0.4 is 5.32 Å². The number of hydrogen-bond acceptors (Lipinski definition) is 2. The third kappa shape index (κ3) is 3.11. The number of amides is 1. The van der Waals surface area contributed by atoms with Crippen molar-refractivity contribution in [2.45, 2.75) is 26.2 Å². The van der Waals surface area contributed by atoms with Crippen molar-refractivity contribution in [2.75, 3.05) is 5.32 Å². The lowest BCUT2D eigenvalue weighted by Gasteiger charge is -2.05. The number of fused-ring (bicyclic) bond motifs is 1. The van der Waals surface area contributed by atoms with Crippen molar-refractivity contribution in [3.63, 3.8) is 0 Å². The second-order valence-electron chi connectivity index (χ2n) is 6.37. The van der Waals surface area contributed by atoms with E-state index in [-0.39, 0.29) is 5.91 Å². The number of pyridine rings is 1. The Labute approximate surface area is 135 Å². The largest absolute Gasteiger partial charge is 0.326 e. The van der Waals surface area contributed by atoms with Crippen LogP contribution in [0.25, 0.3) is 16.9 Å². The van der Waals surface area contributed by atoms with E-state index >= 15 is 0 Å². The Morgan fingerprint density at radius 3 is 2.78 bits per heavy atom.